The summed E-state index contributed by atoms with van der Waals surface area (Å²) in [7, 11) is 0. The molecule has 0 atom stereocenters. The van der Waals surface area contributed by atoms with Crippen molar-refractivity contribution in [3.05, 3.63) is 43.0 Å². The first kappa shape index (κ1) is 10.8. The Bertz CT molecular complexity index is 381. The Morgan fingerprint density at radius 3 is 2.73 bits per heavy atom. The van der Waals surface area contributed by atoms with Gasteiger partial charge in [-0.15, -0.1) is 6.58 Å². The maximum atomic E-state index is 11.5. The Morgan fingerprint density at radius 2 is 2.20 bits per heavy atom. The van der Waals surface area contributed by atoms with Crippen molar-refractivity contribution < 1.29 is 4.79 Å². The summed E-state index contributed by atoms with van der Waals surface area (Å²) in [4.78, 5) is 12.9. The number of rotatable bonds is 3. The van der Waals surface area contributed by atoms with Crippen LogP contribution in [0.25, 0.3) is 0 Å². The Morgan fingerprint density at radius 1 is 1.53 bits per heavy atom. The van der Waals surface area contributed by atoms with Crippen LogP contribution in [-0.2, 0) is 0 Å². The van der Waals surface area contributed by atoms with E-state index < -0.39 is 6.03 Å². The third-order valence-electron chi connectivity index (χ3n) is 1.79. The number of nitrogens with one attached hydrogen (secondary N) is 1. The van der Waals surface area contributed by atoms with Gasteiger partial charge in [-0.1, -0.05) is 24.3 Å². The lowest BCUT2D eigenvalue weighted by atomic mass is 10.3. The highest BCUT2D eigenvalue weighted by atomic mass is 16.2. The molecule has 0 saturated carbocycles. The number of hydrogen-bond donors (Lipinski definition) is 1. The van der Waals surface area contributed by atoms with Crippen LogP contribution in [-0.4, -0.2) is 12.6 Å². The third kappa shape index (κ3) is 2.85. The van der Waals surface area contributed by atoms with Gasteiger partial charge in [-0.2, -0.15) is 5.26 Å². The van der Waals surface area contributed by atoms with Crippen molar-refractivity contribution in [1.82, 2.24) is 5.32 Å². The van der Waals surface area contributed by atoms with Gasteiger partial charge in [-0.3, -0.25) is 4.90 Å². The fourth-order valence-electron chi connectivity index (χ4n) is 1.16. The van der Waals surface area contributed by atoms with Gasteiger partial charge in [0.25, 0.3) is 0 Å². The maximum Gasteiger partial charge on any atom is 0.335 e. The number of hydrogen-bond acceptors (Lipinski definition) is 2. The predicted octanol–water partition coefficient (Wildman–Crippen LogP) is 1.87. The average molecular weight is 201 g/mol. The van der Waals surface area contributed by atoms with Crippen LogP contribution in [0.1, 0.15) is 0 Å². The van der Waals surface area contributed by atoms with E-state index >= 15 is 0 Å². The van der Waals surface area contributed by atoms with Gasteiger partial charge in [0.1, 0.15) is 0 Å². The number of benzene rings is 1. The molecule has 76 valence electrons. The molecular weight excluding hydrogens is 190 g/mol. The molecule has 1 rings (SSSR count). The van der Waals surface area contributed by atoms with Crippen molar-refractivity contribution in [1.29, 1.82) is 5.26 Å². The molecule has 0 fully saturated rings. The van der Waals surface area contributed by atoms with Crippen LogP contribution in [0.4, 0.5) is 10.5 Å². The van der Waals surface area contributed by atoms with Crippen molar-refractivity contribution in [3.8, 4) is 6.19 Å². The van der Waals surface area contributed by atoms with Crippen LogP contribution in [0.15, 0.2) is 43.0 Å². The Kier molecular flexibility index (Phi) is 3.92. The van der Waals surface area contributed by atoms with E-state index in [9.17, 15) is 4.79 Å². The van der Waals surface area contributed by atoms with Crippen molar-refractivity contribution in [2.45, 2.75) is 0 Å². The van der Waals surface area contributed by atoms with Crippen LogP contribution >= 0.6 is 0 Å². The monoisotopic (exact) mass is 201 g/mol. The Labute approximate surface area is 88.4 Å². The molecule has 4 heteroatoms. The van der Waals surface area contributed by atoms with Gasteiger partial charge in [-0.05, 0) is 12.1 Å². The van der Waals surface area contributed by atoms with Gasteiger partial charge >= 0.3 is 6.03 Å². The number of carbonyl (C=O) groups excluding carboxylic acids is 1. The average Bonchev–Trinajstić information content (AvgIpc) is 2.27. The van der Waals surface area contributed by atoms with Gasteiger partial charge in [0, 0.05) is 12.2 Å². The van der Waals surface area contributed by atoms with Crippen molar-refractivity contribution in [2.24, 2.45) is 0 Å². The first-order valence-electron chi connectivity index (χ1n) is 4.42. The van der Waals surface area contributed by atoms with Crippen LogP contribution < -0.4 is 10.2 Å². The van der Waals surface area contributed by atoms with E-state index in [-0.39, 0.29) is 0 Å². The van der Waals surface area contributed by atoms with Crippen LogP contribution in [0.5, 0.6) is 0 Å². The number of para-hydroxylation sites is 1. The SMILES string of the molecule is C=CCN(C(=O)NC#N)c1ccccc1. The molecular formula is C11H11N3O. The molecule has 15 heavy (non-hydrogen) atoms. The van der Waals surface area contributed by atoms with Crippen LogP contribution in [0.3, 0.4) is 0 Å². The summed E-state index contributed by atoms with van der Waals surface area (Å²) in [5.41, 5.74) is 0.727. The standard InChI is InChI=1S/C11H11N3O/c1-2-8-14(11(15)13-9-12)10-6-4-3-5-7-10/h2-7H,1,8H2,(H,13,15). The van der Waals surface area contributed by atoms with Crippen molar-refractivity contribution in [2.75, 3.05) is 11.4 Å². The second-order valence-electron chi connectivity index (χ2n) is 2.78. The molecule has 0 heterocycles. The van der Waals surface area contributed by atoms with Gasteiger partial charge < -0.3 is 0 Å². The molecule has 0 spiro atoms. The van der Waals surface area contributed by atoms with E-state index in [0.717, 1.165) is 5.69 Å². The zero-order chi connectivity index (χ0) is 11.1. The second kappa shape index (κ2) is 5.45. The summed E-state index contributed by atoms with van der Waals surface area (Å²) in [5.74, 6) is 0. The quantitative estimate of drug-likeness (QED) is 0.461. The van der Waals surface area contributed by atoms with E-state index in [2.05, 4.69) is 11.9 Å². The Hall–Kier alpha value is -2.28. The van der Waals surface area contributed by atoms with Gasteiger partial charge in [0.05, 0.1) is 0 Å². The molecule has 0 radical (unpaired) electrons. The molecule has 1 aromatic carbocycles. The molecule has 1 N–H and O–H groups in total. The number of carbonyl (C=O) groups is 1. The first-order valence-corrected chi connectivity index (χ1v) is 4.42. The first-order chi connectivity index (χ1) is 7.29. The lowest BCUT2D eigenvalue weighted by molar-refractivity contribution is 0.250. The fraction of sp³-hybridized carbons (Fsp3) is 0.0909. The van der Waals surface area contributed by atoms with Crippen LogP contribution in [0.2, 0.25) is 0 Å². The molecule has 0 bridgehead atoms. The molecule has 1 aromatic rings. The molecule has 0 aromatic heterocycles. The summed E-state index contributed by atoms with van der Waals surface area (Å²) in [6.07, 6.45) is 3.20. The number of urea groups is 1. The second-order valence-corrected chi connectivity index (χ2v) is 2.78. The lowest BCUT2D eigenvalue weighted by Gasteiger charge is -2.19. The minimum absolute atomic E-state index is 0.359. The maximum absolute atomic E-state index is 11.5. The molecule has 0 unspecified atom stereocenters. The smallest absolute Gasteiger partial charge is 0.290 e. The summed E-state index contributed by atoms with van der Waals surface area (Å²) in [5, 5.41) is 10.4. The minimum Gasteiger partial charge on any atom is -0.290 e. The predicted molar refractivity (Wildman–Crippen MR) is 58.1 cm³/mol. The highest BCUT2D eigenvalue weighted by Crippen LogP contribution is 2.12. The molecule has 0 aliphatic rings. The van der Waals surface area contributed by atoms with E-state index in [0.29, 0.717) is 6.54 Å². The van der Waals surface area contributed by atoms with Crippen molar-refractivity contribution in [3.63, 3.8) is 0 Å². The van der Waals surface area contributed by atoms with E-state index in [1.54, 1.807) is 24.4 Å². The molecule has 4 nitrogen and oxygen atoms in total. The number of anilines is 1. The highest BCUT2D eigenvalue weighted by molar-refractivity contribution is 5.93. The van der Waals surface area contributed by atoms with E-state index in [1.165, 1.54) is 4.90 Å². The van der Waals surface area contributed by atoms with E-state index in [1.807, 2.05) is 18.2 Å². The summed E-state index contributed by atoms with van der Waals surface area (Å²) in [6.45, 7) is 3.92. The summed E-state index contributed by atoms with van der Waals surface area (Å²) < 4.78 is 0. The normalized spacial score (nSPS) is 8.73. The topological polar surface area (TPSA) is 56.1 Å². The number of nitriles is 1. The molecule has 0 aliphatic carbocycles. The van der Waals surface area contributed by atoms with Gasteiger partial charge in [0.2, 0.25) is 0 Å². The summed E-state index contributed by atoms with van der Waals surface area (Å²) >= 11 is 0. The molecule has 0 aliphatic heterocycles. The lowest BCUT2D eigenvalue weighted by Crippen LogP contribution is -2.37. The fourth-order valence-corrected chi connectivity index (χ4v) is 1.16. The third-order valence-corrected chi connectivity index (χ3v) is 1.79. The van der Waals surface area contributed by atoms with Gasteiger partial charge in [-0.25, -0.2) is 10.1 Å². The highest BCUT2D eigenvalue weighted by Gasteiger charge is 2.12. The summed E-state index contributed by atoms with van der Waals surface area (Å²) in [6, 6.07) is 8.64. The number of nitrogens with zero attached hydrogens (tertiary/aromatic N) is 2. The molecule has 2 amide bonds. The number of amides is 2. The molecule has 0 saturated heterocycles. The van der Waals surface area contributed by atoms with Gasteiger partial charge in [0.15, 0.2) is 6.19 Å². The van der Waals surface area contributed by atoms with E-state index in [4.69, 9.17) is 5.26 Å². The largest absolute Gasteiger partial charge is 0.335 e. The minimum atomic E-state index is -0.455. The van der Waals surface area contributed by atoms with Crippen molar-refractivity contribution >= 4 is 11.7 Å². The zero-order valence-corrected chi connectivity index (χ0v) is 8.18. The Balaban J connectivity index is 2.88. The van der Waals surface area contributed by atoms with Crippen LogP contribution in [0, 0.1) is 11.5 Å². The zero-order valence-electron chi connectivity index (χ0n) is 8.18.